The van der Waals surface area contributed by atoms with Gasteiger partial charge in [-0.15, -0.1) is 0 Å². The number of hydrogen-bond donors (Lipinski definition) is 1. The van der Waals surface area contributed by atoms with Crippen LogP contribution in [0.15, 0.2) is 59.8 Å². The van der Waals surface area contributed by atoms with Crippen molar-refractivity contribution in [2.45, 2.75) is 36.9 Å². The van der Waals surface area contributed by atoms with E-state index in [4.69, 9.17) is 32.7 Å². The lowest BCUT2D eigenvalue weighted by Gasteiger charge is -2.21. The number of carbonyl (C=O) groups is 2. The Kier molecular flexibility index (Phi) is 11.7. The molecule has 1 aliphatic carbocycles. The minimum absolute atomic E-state index is 0. The third kappa shape index (κ3) is 9.48. The third-order valence-electron chi connectivity index (χ3n) is 6.31. The summed E-state index contributed by atoms with van der Waals surface area (Å²) in [5.74, 6) is -1.48. The zero-order chi connectivity index (χ0) is 30.4. The summed E-state index contributed by atoms with van der Waals surface area (Å²) in [5, 5.41) is 2.90. The number of H-pyrrole nitrogens is 1. The first-order valence-corrected chi connectivity index (χ1v) is 15.4. The number of benzene rings is 2. The van der Waals surface area contributed by atoms with E-state index in [1.54, 1.807) is 0 Å². The zero-order valence-corrected chi connectivity index (χ0v) is 25.0. The predicted molar refractivity (Wildman–Crippen MR) is 151 cm³/mol. The van der Waals surface area contributed by atoms with Crippen molar-refractivity contribution < 1.29 is 51.5 Å². The van der Waals surface area contributed by atoms with E-state index in [9.17, 15) is 26.8 Å². The predicted octanol–water partition coefficient (Wildman–Crippen LogP) is 4.68. The SMILES string of the molecule is CS(=O)(=O)c1ccccc1C(=O)NCC(=O)O[C@@H](Cc1c(Cl)c[nH+]cc1Cl)c1ccc(OC(F)F)c(OCC2CC2)c1.[OH-]. The molecule has 232 valence electrons. The first kappa shape index (κ1) is 34.0. The average molecular weight is 662 g/mol. The summed E-state index contributed by atoms with van der Waals surface area (Å²) in [6, 6.07) is 9.75. The molecule has 43 heavy (non-hydrogen) atoms. The maximum atomic E-state index is 13.0. The molecular formula is C28H28Cl2F2N2O8S. The number of sulfone groups is 1. The van der Waals surface area contributed by atoms with Crippen molar-refractivity contribution in [1.82, 2.24) is 5.32 Å². The molecule has 2 aromatic carbocycles. The Labute approximate surface area is 256 Å². The van der Waals surface area contributed by atoms with Gasteiger partial charge in [0.05, 0.1) is 17.1 Å². The summed E-state index contributed by atoms with van der Waals surface area (Å²) < 4.78 is 66.3. The number of rotatable bonds is 13. The van der Waals surface area contributed by atoms with Crippen LogP contribution >= 0.6 is 23.2 Å². The molecule has 0 spiro atoms. The molecular weight excluding hydrogens is 633 g/mol. The van der Waals surface area contributed by atoms with Crippen LogP contribution in [-0.2, 0) is 25.8 Å². The fourth-order valence-electron chi connectivity index (χ4n) is 4.03. The van der Waals surface area contributed by atoms with Crippen LogP contribution in [0.5, 0.6) is 11.5 Å². The lowest BCUT2D eigenvalue weighted by Crippen LogP contribution is -2.32. The molecule has 3 N–H and O–H groups in total. The first-order valence-electron chi connectivity index (χ1n) is 12.7. The summed E-state index contributed by atoms with van der Waals surface area (Å²) >= 11 is 12.7. The molecule has 3 aromatic rings. The van der Waals surface area contributed by atoms with Gasteiger partial charge >= 0.3 is 12.6 Å². The number of alkyl halides is 2. The number of aromatic amines is 1. The Bertz CT molecular complexity index is 1550. The van der Waals surface area contributed by atoms with E-state index < -0.39 is 41.0 Å². The highest BCUT2D eigenvalue weighted by Crippen LogP contribution is 2.37. The summed E-state index contributed by atoms with van der Waals surface area (Å²) in [7, 11) is -3.71. The highest BCUT2D eigenvalue weighted by molar-refractivity contribution is 7.90. The molecule has 1 fully saturated rings. The average Bonchev–Trinajstić information content (AvgIpc) is 3.76. The van der Waals surface area contributed by atoms with Gasteiger partial charge in [-0.1, -0.05) is 41.4 Å². The summed E-state index contributed by atoms with van der Waals surface area (Å²) in [5.41, 5.74) is 0.675. The summed E-state index contributed by atoms with van der Waals surface area (Å²) in [6.45, 7) is -3.38. The quantitative estimate of drug-likeness (QED) is 0.259. The third-order valence-corrected chi connectivity index (χ3v) is 8.14. The van der Waals surface area contributed by atoms with E-state index in [1.807, 2.05) is 0 Å². The van der Waals surface area contributed by atoms with Gasteiger partial charge in [0.1, 0.15) is 22.7 Å². The van der Waals surface area contributed by atoms with E-state index >= 15 is 0 Å². The molecule has 15 heteroatoms. The lowest BCUT2D eigenvalue weighted by molar-refractivity contribution is -0.377. The topological polar surface area (TPSA) is 152 Å². The molecule has 0 radical (unpaired) electrons. The maximum Gasteiger partial charge on any atom is 0.387 e. The Balaban J connectivity index is 0.00000506. The molecule has 0 bridgehead atoms. The minimum atomic E-state index is -3.71. The van der Waals surface area contributed by atoms with Crippen LogP contribution < -0.4 is 19.8 Å². The number of esters is 1. The molecule has 0 unspecified atom stereocenters. The molecule has 0 saturated heterocycles. The van der Waals surface area contributed by atoms with Crippen molar-refractivity contribution >= 4 is 44.9 Å². The number of amides is 1. The highest BCUT2D eigenvalue weighted by Gasteiger charge is 2.27. The van der Waals surface area contributed by atoms with E-state index in [0.717, 1.165) is 19.1 Å². The number of pyridine rings is 1. The smallest absolute Gasteiger partial charge is 0.387 e. The molecule has 0 aliphatic heterocycles. The molecule has 1 aromatic heterocycles. The largest absolute Gasteiger partial charge is 0.870 e. The second kappa shape index (κ2) is 14.8. The van der Waals surface area contributed by atoms with Gasteiger partial charge in [-0.05, 0) is 48.6 Å². The molecule has 1 amide bonds. The molecule has 1 atom stereocenters. The van der Waals surface area contributed by atoms with Crippen LogP contribution in [0.4, 0.5) is 8.78 Å². The van der Waals surface area contributed by atoms with Gasteiger partial charge in [0.25, 0.3) is 5.91 Å². The molecule has 1 saturated carbocycles. The van der Waals surface area contributed by atoms with Crippen molar-refractivity contribution in [1.29, 1.82) is 0 Å². The van der Waals surface area contributed by atoms with Crippen molar-refractivity contribution in [2.75, 3.05) is 19.4 Å². The van der Waals surface area contributed by atoms with Gasteiger partial charge in [-0.2, -0.15) is 8.78 Å². The number of ether oxygens (including phenoxy) is 3. The van der Waals surface area contributed by atoms with E-state index in [1.165, 1.54) is 54.9 Å². The van der Waals surface area contributed by atoms with E-state index in [2.05, 4.69) is 15.0 Å². The zero-order valence-electron chi connectivity index (χ0n) is 22.7. The number of aromatic nitrogens is 1. The van der Waals surface area contributed by atoms with Gasteiger partial charge in [0.2, 0.25) is 0 Å². The van der Waals surface area contributed by atoms with Crippen molar-refractivity contribution in [3.8, 4) is 11.5 Å². The van der Waals surface area contributed by atoms with E-state index in [-0.39, 0.29) is 43.9 Å². The number of nitrogens with one attached hydrogen (secondary N) is 2. The number of carbonyl (C=O) groups excluding carboxylic acids is 2. The fourth-order valence-corrected chi connectivity index (χ4v) is 5.45. The molecule has 4 rings (SSSR count). The van der Waals surface area contributed by atoms with Gasteiger partial charge in [0, 0.05) is 18.2 Å². The van der Waals surface area contributed by atoms with Crippen LogP contribution in [0.3, 0.4) is 0 Å². The monoisotopic (exact) mass is 660 g/mol. The normalized spacial score (nSPS) is 13.5. The minimum Gasteiger partial charge on any atom is -0.870 e. The van der Waals surface area contributed by atoms with Crippen molar-refractivity contribution in [3.63, 3.8) is 0 Å². The van der Waals surface area contributed by atoms with Crippen LogP contribution in [0.1, 0.15) is 40.4 Å². The van der Waals surface area contributed by atoms with Crippen LogP contribution in [0.2, 0.25) is 10.0 Å². The Hall–Kier alpha value is -3.52. The molecule has 1 heterocycles. The second-order valence-electron chi connectivity index (χ2n) is 9.60. The van der Waals surface area contributed by atoms with Gasteiger partial charge < -0.3 is 25.0 Å². The summed E-state index contributed by atoms with van der Waals surface area (Å²) in [6.07, 6.45) is 4.82. The van der Waals surface area contributed by atoms with Crippen LogP contribution in [0, 0.1) is 5.92 Å². The Morgan fingerprint density at radius 2 is 1.74 bits per heavy atom. The highest BCUT2D eigenvalue weighted by atomic mass is 35.5. The fraction of sp³-hybridized carbons (Fsp3) is 0.321. The Morgan fingerprint density at radius 1 is 1.07 bits per heavy atom. The molecule has 10 nitrogen and oxygen atoms in total. The summed E-state index contributed by atoms with van der Waals surface area (Å²) in [4.78, 5) is 28.3. The number of halogens is 4. The Morgan fingerprint density at radius 3 is 2.37 bits per heavy atom. The lowest BCUT2D eigenvalue weighted by atomic mass is 10.0. The molecule has 1 aliphatic rings. The van der Waals surface area contributed by atoms with Gasteiger partial charge in [-0.3, -0.25) is 9.59 Å². The van der Waals surface area contributed by atoms with E-state index in [0.29, 0.717) is 23.7 Å². The van der Waals surface area contributed by atoms with Crippen molar-refractivity contribution in [3.05, 3.63) is 81.6 Å². The van der Waals surface area contributed by atoms with Crippen LogP contribution in [-0.4, -0.2) is 51.8 Å². The first-order chi connectivity index (χ1) is 19.9. The van der Waals surface area contributed by atoms with Crippen molar-refractivity contribution in [2.24, 2.45) is 5.92 Å². The van der Waals surface area contributed by atoms with Crippen LogP contribution in [0.25, 0.3) is 0 Å². The van der Waals surface area contributed by atoms with Gasteiger partial charge in [-0.25, -0.2) is 13.4 Å². The second-order valence-corrected chi connectivity index (χ2v) is 12.4. The maximum absolute atomic E-state index is 13.0. The van der Waals surface area contributed by atoms with Gasteiger partial charge in [0.15, 0.2) is 33.7 Å². The standard InChI is InChI=1S/C28H26Cl2F2N2O7S.H2O/c1-42(37,38)25-5-3-2-4-18(25)27(36)34-14-26(35)40-23(11-19-20(29)12-33-13-21(19)30)17-8-9-22(41-28(31)32)24(10-17)39-15-16-6-7-16;/h2-5,8-10,12-13,16,23,28H,6-7,11,14-15H2,1H3,(H,34,36);1H2/t23-;/m0./s1. The number of hydrogen-bond acceptors (Lipinski definition) is 8.